The number of ether oxygens (including phenoxy) is 1. The molecule has 0 fully saturated rings. The molecule has 2 rings (SSSR count). The Morgan fingerprint density at radius 3 is 2.64 bits per heavy atom. The monoisotopic (exact) mass is 298 g/mol. The van der Waals surface area contributed by atoms with E-state index in [1.165, 1.54) is 6.20 Å². The van der Waals surface area contributed by atoms with Crippen molar-refractivity contribution >= 4 is 17.7 Å². The third-order valence-electron chi connectivity index (χ3n) is 3.04. The van der Waals surface area contributed by atoms with E-state index in [9.17, 15) is 9.59 Å². The van der Waals surface area contributed by atoms with Crippen LogP contribution in [0.4, 0.5) is 5.82 Å². The Kier molecular flexibility index (Phi) is 5.65. The van der Waals surface area contributed by atoms with Gasteiger partial charge < -0.3 is 10.1 Å². The summed E-state index contributed by atoms with van der Waals surface area (Å²) in [7, 11) is 0. The van der Waals surface area contributed by atoms with Crippen LogP contribution in [0.5, 0.6) is 0 Å². The smallest absolute Gasteiger partial charge is 0.341 e. The van der Waals surface area contributed by atoms with Gasteiger partial charge >= 0.3 is 5.97 Å². The van der Waals surface area contributed by atoms with Gasteiger partial charge in [0, 0.05) is 12.6 Å². The van der Waals surface area contributed by atoms with E-state index in [2.05, 4.69) is 10.3 Å². The van der Waals surface area contributed by atoms with Crippen LogP contribution in [-0.4, -0.2) is 23.5 Å². The van der Waals surface area contributed by atoms with Gasteiger partial charge in [0.25, 0.3) is 0 Å². The average molecular weight is 298 g/mol. The molecule has 1 heterocycles. The molecule has 0 bridgehead atoms. The summed E-state index contributed by atoms with van der Waals surface area (Å²) in [5.74, 6) is -0.443. The van der Waals surface area contributed by atoms with Crippen LogP contribution in [0.3, 0.4) is 0 Å². The molecule has 1 N–H and O–H groups in total. The van der Waals surface area contributed by atoms with Crippen LogP contribution in [0, 0.1) is 0 Å². The van der Waals surface area contributed by atoms with Crippen LogP contribution >= 0.6 is 0 Å². The fourth-order valence-corrected chi connectivity index (χ4v) is 1.98. The molecule has 0 unspecified atom stereocenters. The van der Waals surface area contributed by atoms with Crippen LogP contribution in [0.25, 0.3) is 0 Å². The molecule has 114 valence electrons. The molecule has 0 aliphatic heterocycles. The highest BCUT2D eigenvalue weighted by Gasteiger charge is 2.15. The number of carbonyl (C=O) groups is 2. The van der Waals surface area contributed by atoms with Crippen molar-refractivity contribution < 1.29 is 14.3 Å². The van der Waals surface area contributed by atoms with E-state index in [0.717, 1.165) is 5.56 Å². The highest BCUT2D eigenvalue weighted by Crippen LogP contribution is 2.13. The number of anilines is 1. The minimum Gasteiger partial charge on any atom is -0.462 e. The SMILES string of the molecule is CCOC(=O)c1cccnc1NC(=O)CCc1ccccc1. The maximum Gasteiger partial charge on any atom is 0.341 e. The number of aryl methyl sites for hydroxylation is 1. The molecular weight excluding hydrogens is 280 g/mol. The second-order valence-corrected chi connectivity index (χ2v) is 4.65. The summed E-state index contributed by atoms with van der Waals surface area (Å²) in [6.07, 6.45) is 2.48. The van der Waals surface area contributed by atoms with Crippen molar-refractivity contribution in [1.82, 2.24) is 4.98 Å². The second kappa shape index (κ2) is 7.93. The molecule has 0 radical (unpaired) electrons. The Hall–Kier alpha value is -2.69. The molecule has 22 heavy (non-hydrogen) atoms. The van der Waals surface area contributed by atoms with Gasteiger partial charge in [0.1, 0.15) is 11.4 Å². The van der Waals surface area contributed by atoms with Crippen LogP contribution in [0.15, 0.2) is 48.7 Å². The number of pyridine rings is 1. The molecular formula is C17H18N2O3. The molecule has 0 saturated heterocycles. The van der Waals surface area contributed by atoms with Crippen LogP contribution < -0.4 is 5.32 Å². The summed E-state index contributed by atoms with van der Waals surface area (Å²) in [6.45, 7) is 2.00. The molecule has 0 atom stereocenters. The zero-order valence-corrected chi connectivity index (χ0v) is 12.4. The minimum atomic E-state index is -0.492. The lowest BCUT2D eigenvalue weighted by Gasteiger charge is -2.09. The number of hydrogen-bond acceptors (Lipinski definition) is 4. The summed E-state index contributed by atoms with van der Waals surface area (Å²) < 4.78 is 4.95. The maximum absolute atomic E-state index is 12.0. The first kappa shape index (κ1) is 15.7. The average Bonchev–Trinajstić information content (AvgIpc) is 2.54. The maximum atomic E-state index is 12.0. The molecule has 0 aliphatic rings. The van der Waals surface area contributed by atoms with Gasteiger partial charge in [0.2, 0.25) is 5.91 Å². The fraction of sp³-hybridized carbons (Fsp3) is 0.235. The van der Waals surface area contributed by atoms with E-state index in [-0.39, 0.29) is 23.9 Å². The highest BCUT2D eigenvalue weighted by atomic mass is 16.5. The molecule has 2 aromatic rings. The summed E-state index contributed by atoms with van der Waals surface area (Å²) in [6, 6.07) is 13.0. The predicted octanol–water partition coefficient (Wildman–Crippen LogP) is 2.83. The van der Waals surface area contributed by atoms with Crippen molar-refractivity contribution in [3.05, 3.63) is 59.8 Å². The van der Waals surface area contributed by atoms with Gasteiger partial charge in [-0.15, -0.1) is 0 Å². The van der Waals surface area contributed by atoms with Gasteiger partial charge in [-0.2, -0.15) is 0 Å². The second-order valence-electron chi connectivity index (χ2n) is 4.65. The Bertz CT molecular complexity index is 641. The molecule has 0 aliphatic carbocycles. The number of nitrogens with zero attached hydrogens (tertiary/aromatic N) is 1. The molecule has 0 spiro atoms. The zero-order chi connectivity index (χ0) is 15.8. The molecule has 1 amide bonds. The van der Waals surface area contributed by atoms with Crippen molar-refractivity contribution in [3.8, 4) is 0 Å². The number of rotatable bonds is 6. The molecule has 5 heteroatoms. The van der Waals surface area contributed by atoms with Gasteiger partial charge in [-0.1, -0.05) is 30.3 Å². The molecule has 5 nitrogen and oxygen atoms in total. The standard InChI is InChI=1S/C17H18N2O3/c1-2-22-17(21)14-9-6-12-18-16(14)19-15(20)11-10-13-7-4-3-5-8-13/h3-9,12H,2,10-11H2,1H3,(H,18,19,20). The van der Waals surface area contributed by atoms with Gasteiger partial charge in [0.05, 0.1) is 6.61 Å². The summed E-state index contributed by atoms with van der Waals surface area (Å²) in [5.41, 5.74) is 1.35. The lowest BCUT2D eigenvalue weighted by atomic mass is 10.1. The van der Waals surface area contributed by atoms with Crippen molar-refractivity contribution in [2.75, 3.05) is 11.9 Å². The highest BCUT2D eigenvalue weighted by molar-refractivity contribution is 6.00. The topological polar surface area (TPSA) is 68.3 Å². The van der Waals surface area contributed by atoms with Crippen LogP contribution in [-0.2, 0) is 16.0 Å². The van der Waals surface area contributed by atoms with Crippen molar-refractivity contribution in [1.29, 1.82) is 0 Å². The number of benzene rings is 1. The number of esters is 1. The summed E-state index contributed by atoms with van der Waals surface area (Å²) in [4.78, 5) is 27.9. The van der Waals surface area contributed by atoms with Gasteiger partial charge in [0.15, 0.2) is 0 Å². The number of nitrogens with one attached hydrogen (secondary N) is 1. The van der Waals surface area contributed by atoms with E-state index in [1.807, 2.05) is 30.3 Å². The zero-order valence-electron chi connectivity index (χ0n) is 12.4. The van der Waals surface area contributed by atoms with Crippen molar-refractivity contribution in [2.24, 2.45) is 0 Å². The third-order valence-corrected chi connectivity index (χ3v) is 3.04. The molecule has 0 saturated carbocycles. The molecule has 1 aromatic carbocycles. The van der Waals surface area contributed by atoms with E-state index >= 15 is 0 Å². The third kappa shape index (κ3) is 4.41. The first-order valence-corrected chi connectivity index (χ1v) is 7.16. The Morgan fingerprint density at radius 1 is 1.14 bits per heavy atom. The first-order valence-electron chi connectivity index (χ1n) is 7.16. The van der Waals surface area contributed by atoms with Crippen molar-refractivity contribution in [2.45, 2.75) is 19.8 Å². The summed E-state index contributed by atoms with van der Waals surface area (Å²) in [5, 5.41) is 2.67. The van der Waals surface area contributed by atoms with Crippen molar-refractivity contribution in [3.63, 3.8) is 0 Å². The largest absolute Gasteiger partial charge is 0.462 e. The number of amides is 1. The predicted molar refractivity (Wildman–Crippen MR) is 83.6 cm³/mol. The normalized spacial score (nSPS) is 10.0. The number of carbonyl (C=O) groups excluding carboxylic acids is 2. The fourth-order valence-electron chi connectivity index (χ4n) is 1.98. The lowest BCUT2D eigenvalue weighted by Crippen LogP contribution is -2.17. The lowest BCUT2D eigenvalue weighted by molar-refractivity contribution is -0.116. The van der Waals surface area contributed by atoms with E-state index in [0.29, 0.717) is 12.8 Å². The molecule has 1 aromatic heterocycles. The van der Waals surface area contributed by atoms with E-state index in [4.69, 9.17) is 4.74 Å². The van der Waals surface area contributed by atoms with E-state index < -0.39 is 5.97 Å². The number of hydrogen-bond donors (Lipinski definition) is 1. The summed E-state index contributed by atoms with van der Waals surface area (Å²) >= 11 is 0. The van der Waals surface area contributed by atoms with Gasteiger partial charge in [-0.05, 0) is 31.0 Å². The Morgan fingerprint density at radius 2 is 1.91 bits per heavy atom. The first-order chi connectivity index (χ1) is 10.7. The number of aromatic nitrogens is 1. The Balaban J connectivity index is 1.98. The van der Waals surface area contributed by atoms with E-state index in [1.54, 1.807) is 19.1 Å². The Labute approximate surface area is 129 Å². The van der Waals surface area contributed by atoms with Gasteiger partial charge in [-0.25, -0.2) is 9.78 Å². The quantitative estimate of drug-likeness (QED) is 0.833. The minimum absolute atomic E-state index is 0.187. The van der Waals surface area contributed by atoms with Crippen LogP contribution in [0.1, 0.15) is 29.3 Å². The van der Waals surface area contributed by atoms with Crippen LogP contribution in [0.2, 0.25) is 0 Å². The van der Waals surface area contributed by atoms with Gasteiger partial charge in [-0.3, -0.25) is 4.79 Å².